The summed E-state index contributed by atoms with van der Waals surface area (Å²) in [6.45, 7) is 0.342. The number of aliphatic hydroxyl groups is 1. The van der Waals surface area contributed by atoms with Gasteiger partial charge in [0.05, 0.1) is 18.2 Å². The molecule has 160 valence electrons. The van der Waals surface area contributed by atoms with Crippen LogP contribution in [0.1, 0.15) is 27.5 Å². The first-order valence-corrected chi connectivity index (χ1v) is 9.95. The molecule has 0 fully saturated rings. The van der Waals surface area contributed by atoms with Crippen molar-refractivity contribution in [2.45, 2.75) is 12.6 Å². The first-order valence-electron chi connectivity index (χ1n) is 9.95. The van der Waals surface area contributed by atoms with Crippen molar-refractivity contribution >= 4 is 23.4 Å². The maximum absolute atomic E-state index is 11.8. The molecule has 0 aliphatic carbocycles. The van der Waals surface area contributed by atoms with Crippen LogP contribution >= 0.6 is 0 Å². The highest BCUT2D eigenvalue weighted by molar-refractivity contribution is 5.98. The SMILES string of the molecule is O=C1NCc2cc(Nc3ncc(-c4nnco4)c(N[C@H](CO)c4ccccc4)n3)ccc21. The predicted molar refractivity (Wildman–Crippen MR) is 116 cm³/mol. The minimum atomic E-state index is -0.405. The lowest BCUT2D eigenvalue weighted by Gasteiger charge is -2.19. The predicted octanol–water partition coefficient (Wildman–Crippen LogP) is 2.66. The van der Waals surface area contributed by atoms with Gasteiger partial charge >= 0.3 is 0 Å². The van der Waals surface area contributed by atoms with Crippen LogP contribution in [0.5, 0.6) is 0 Å². The van der Waals surface area contributed by atoms with Gasteiger partial charge in [0.1, 0.15) is 5.82 Å². The molecular weight excluding hydrogens is 410 g/mol. The number of carbonyl (C=O) groups is 1. The molecule has 1 atom stereocenters. The maximum atomic E-state index is 11.8. The van der Waals surface area contributed by atoms with Crippen LogP contribution in [-0.2, 0) is 6.54 Å². The molecule has 5 rings (SSSR count). The zero-order valence-corrected chi connectivity index (χ0v) is 16.8. The van der Waals surface area contributed by atoms with Crippen molar-refractivity contribution in [3.63, 3.8) is 0 Å². The number of aliphatic hydroxyl groups excluding tert-OH is 1. The minimum absolute atomic E-state index is 0.0749. The Hall–Kier alpha value is -4.31. The second-order valence-electron chi connectivity index (χ2n) is 7.17. The molecule has 3 heterocycles. The number of hydrogen-bond acceptors (Lipinski definition) is 9. The number of nitrogens with one attached hydrogen (secondary N) is 3. The Bertz CT molecular complexity index is 1250. The number of hydrogen-bond donors (Lipinski definition) is 4. The van der Waals surface area contributed by atoms with Gasteiger partial charge in [0.2, 0.25) is 12.3 Å². The van der Waals surface area contributed by atoms with Crippen molar-refractivity contribution in [2.75, 3.05) is 17.2 Å². The monoisotopic (exact) mass is 429 g/mol. The van der Waals surface area contributed by atoms with Gasteiger partial charge in [-0.25, -0.2) is 4.98 Å². The third-order valence-corrected chi connectivity index (χ3v) is 5.12. The molecule has 0 saturated heterocycles. The zero-order chi connectivity index (χ0) is 21.9. The van der Waals surface area contributed by atoms with Gasteiger partial charge in [0.15, 0.2) is 0 Å². The second kappa shape index (κ2) is 8.44. The average Bonchev–Trinajstić information content (AvgIpc) is 3.48. The van der Waals surface area contributed by atoms with Crippen LogP contribution in [0.2, 0.25) is 0 Å². The zero-order valence-electron chi connectivity index (χ0n) is 16.8. The van der Waals surface area contributed by atoms with Gasteiger partial charge in [-0.3, -0.25) is 4.79 Å². The quantitative estimate of drug-likeness (QED) is 0.349. The lowest BCUT2D eigenvalue weighted by molar-refractivity contribution is 0.0965. The van der Waals surface area contributed by atoms with E-state index >= 15 is 0 Å². The van der Waals surface area contributed by atoms with Gasteiger partial charge in [0, 0.05) is 24.0 Å². The number of fused-ring (bicyclic) bond motifs is 1. The van der Waals surface area contributed by atoms with Gasteiger partial charge in [-0.15, -0.1) is 10.2 Å². The Kier molecular flexibility index (Phi) is 5.18. The van der Waals surface area contributed by atoms with E-state index in [-0.39, 0.29) is 18.4 Å². The fourth-order valence-corrected chi connectivity index (χ4v) is 3.52. The molecule has 10 heteroatoms. The Balaban J connectivity index is 1.47. The van der Waals surface area contributed by atoms with Crippen LogP contribution in [0.15, 0.2) is 65.5 Å². The van der Waals surface area contributed by atoms with Crippen molar-refractivity contribution in [2.24, 2.45) is 0 Å². The van der Waals surface area contributed by atoms with Crippen molar-refractivity contribution < 1.29 is 14.3 Å². The number of carbonyl (C=O) groups excluding carboxylic acids is 1. The average molecular weight is 429 g/mol. The van der Waals surface area contributed by atoms with Crippen molar-refractivity contribution in [3.05, 3.63) is 77.8 Å². The van der Waals surface area contributed by atoms with Crippen molar-refractivity contribution in [1.29, 1.82) is 0 Å². The molecule has 4 N–H and O–H groups in total. The van der Waals surface area contributed by atoms with Gasteiger partial charge in [-0.05, 0) is 29.3 Å². The molecule has 0 bridgehead atoms. The molecular formula is C22H19N7O3. The van der Waals surface area contributed by atoms with Crippen LogP contribution in [-0.4, -0.2) is 37.8 Å². The molecule has 2 aromatic heterocycles. The van der Waals surface area contributed by atoms with Gasteiger partial charge < -0.3 is 25.5 Å². The first kappa shape index (κ1) is 19.6. The third-order valence-electron chi connectivity index (χ3n) is 5.12. The molecule has 0 radical (unpaired) electrons. The van der Waals surface area contributed by atoms with Gasteiger partial charge in [0.25, 0.3) is 11.8 Å². The van der Waals surface area contributed by atoms with Crippen molar-refractivity contribution in [3.8, 4) is 11.5 Å². The molecule has 10 nitrogen and oxygen atoms in total. The standard InChI is InChI=1S/C22H19N7O3/c30-11-18(13-4-2-1-3-5-13)27-19-17(21-29-25-12-32-21)10-24-22(28-19)26-15-6-7-16-14(8-15)9-23-20(16)31/h1-8,10,12,18,30H,9,11H2,(H,23,31)(H2,24,26,27,28)/t18-/m1/s1. The molecule has 0 saturated carbocycles. The van der Waals surface area contributed by atoms with E-state index in [2.05, 4.69) is 36.1 Å². The molecule has 2 aromatic carbocycles. The van der Waals surface area contributed by atoms with E-state index in [9.17, 15) is 9.90 Å². The van der Waals surface area contributed by atoms with E-state index in [0.717, 1.165) is 16.8 Å². The molecule has 1 aliphatic heterocycles. The fourth-order valence-electron chi connectivity index (χ4n) is 3.52. The van der Waals surface area contributed by atoms with Crippen molar-refractivity contribution in [1.82, 2.24) is 25.5 Å². The van der Waals surface area contributed by atoms with Crippen LogP contribution in [0, 0.1) is 0 Å². The molecule has 0 spiro atoms. The lowest BCUT2D eigenvalue weighted by atomic mass is 10.1. The summed E-state index contributed by atoms with van der Waals surface area (Å²) in [6.07, 6.45) is 2.80. The highest BCUT2D eigenvalue weighted by Crippen LogP contribution is 2.29. The minimum Gasteiger partial charge on any atom is -0.423 e. The van der Waals surface area contributed by atoms with Crippen LogP contribution in [0.25, 0.3) is 11.5 Å². The van der Waals surface area contributed by atoms with E-state index in [4.69, 9.17) is 4.42 Å². The Morgan fingerprint density at radius 3 is 2.81 bits per heavy atom. The number of nitrogens with zero attached hydrogens (tertiary/aromatic N) is 4. The summed E-state index contributed by atoms with van der Waals surface area (Å²) >= 11 is 0. The Morgan fingerprint density at radius 2 is 2.03 bits per heavy atom. The van der Waals surface area contributed by atoms with Crippen LogP contribution in [0.3, 0.4) is 0 Å². The Labute approximate surface area is 182 Å². The van der Waals surface area contributed by atoms with Gasteiger partial charge in [-0.2, -0.15) is 4.98 Å². The first-order chi connectivity index (χ1) is 15.7. The second-order valence-corrected chi connectivity index (χ2v) is 7.17. The van der Waals surface area contributed by atoms with Crippen LogP contribution < -0.4 is 16.0 Å². The van der Waals surface area contributed by atoms with E-state index in [1.807, 2.05) is 36.4 Å². The highest BCUT2D eigenvalue weighted by Gasteiger charge is 2.20. The van der Waals surface area contributed by atoms with E-state index < -0.39 is 6.04 Å². The summed E-state index contributed by atoms with van der Waals surface area (Å²) in [4.78, 5) is 20.7. The summed E-state index contributed by atoms with van der Waals surface area (Å²) in [7, 11) is 0. The maximum Gasteiger partial charge on any atom is 0.252 e. The molecule has 4 aromatic rings. The molecule has 1 aliphatic rings. The molecule has 32 heavy (non-hydrogen) atoms. The summed E-state index contributed by atoms with van der Waals surface area (Å²) in [5, 5.41) is 26.9. The largest absolute Gasteiger partial charge is 0.423 e. The Morgan fingerprint density at radius 1 is 1.16 bits per heavy atom. The number of amides is 1. The highest BCUT2D eigenvalue weighted by atomic mass is 16.4. The van der Waals surface area contributed by atoms with E-state index in [0.29, 0.717) is 29.4 Å². The third kappa shape index (κ3) is 3.86. The van der Waals surface area contributed by atoms with Crippen LogP contribution in [0.4, 0.5) is 17.5 Å². The molecule has 0 unspecified atom stereocenters. The normalized spacial score (nSPS) is 13.3. The number of benzene rings is 2. The summed E-state index contributed by atoms with van der Waals surface area (Å²) in [6, 6.07) is 14.6. The van der Waals surface area contributed by atoms with E-state index in [1.165, 1.54) is 6.39 Å². The molecule has 1 amide bonds. The van der Waals surface area contributed by atoms with Gasteiger partial charge in [-0.1, -0.05) is 30.3 Å². The van der Waals surface area contributed by atoms with E-state index in [1.54, 1.807) is 18.3 Å². The smallest absolute Gasteiger partial charge is 0.252 e. The number of anilines is 3. The topological polar surface area (TPSA) is 138 Å². The number of aromatic nitrogens is 4. The summed E-state index contributed by atoms with van der Waals surface area (Å²) < 4.78 is 5.34. The summed E-state index contributed by atoms with van der Waals surface area (Å²) in [5.74, 6) is 0.936. The fraction of sp³-hybridized carbons (Fsp3) is 0.136. The lowest BCUT2D eigenvalue weighted by Crippen LogP contribution is -2.17. The summed E-state index contributed by atoms with van der Waals surface area (Å²) in [5.41, 5.74) is 3.73. The number of rotatable bonds is 7.